The van der Waals surface area contributed by atoms with E-state index in [4.69, 9.17) is 0 Å². The van der Waals surface area contributed by atoms with Gasteiger partial charge in [0.05, 0.1) is 24.0 Å². The van der Waals surface area contributed by atoms with Gasteiger partial charge in [0.15, 0.2) is 5.82 Å². The van der Waals surface area contributed by atoms with E-state index in [9.17, 15) is 13.2 Å². The van der Waals surface area contributed by atoms with Gasteiger partial charge >= 0.3 is 6.36 Å². The number of rotatable bonds is 5. The lowest BCUT2D eigenvalue weighted by atomic mass is 10.1. The Labute approximate surface area is 182 Å². The van der Waals surface area contributed by atoms with Gasteiger partial charge in [-0.2, -0.15) is 10.2 Å². The van der Waals surface area contributed by atoms with Crippen molar-refractivity contribution in [2.75, 3.05) is 11.9 Å². The summed E-state index contributed by atoms with van der Waals surface area (Å²) in [5.41, 5.74) is 0.987. The first-order chi connectivity index (χ1) is 14.7. The molecule has 0 spiro atoms. The number of nitrogens with zero attached hydrogens (tertiary/aromatic N) is 8. The van der Waals surface area contributed by atoms with Gasteiger partial charge < -0.3 is 9.64 Å². The number of ether oxygens (including phenoxy) is 1. The molecule has 0 N–H and O–H groups in total. The Morgan fingerprint density at radius 1 is 1.03 bits per heavy atom. The van der Waals surface area contributed by atoms with Crippen LogP contribution in [0.25, 0.3) is 16.7 Å². The van der Waals surface area contributed by atoms with E-state index in [0.717, 1.165) is 0 Å². The molecule has 1 aromatic carbocycles. The van der Waals surface area contributed by atoms with Gasteiger partial charge in [-0.3, -0.25) is 4.98 Å². The second kappa shape index (κ2) is 8.06. The number of halogens is 4. The summed E-state index contributed by atoms with van der Waals surface area (Å²) in [6.45, 7) is 1.86. The molecule has 0 aliphatic heterocycles. The molecule has 1 unspecified atom stereocenters. The molecule has 0 fully saturated rings. The second-order valence-corrected chi connectivity index (χ2v) is 7.27. The molecular weight excluding hydrogens is 481 g/mol. The van der Waals surface area contributed by atoms with Gasteiger partial charge in [-0.15, -0.1) is 18.0 Å². The normalized spacial score (nSPS) is 12.7. The van der Waals surface area contributed by atoms with Gasteiger partial charge in [0.25, 0.3) is 0 Å². The summed E-state index contributed by atoms with van der Waals surface area (Å²) in [7, 11) is 1.74. The van der Waals surface area contributed by atoms with Crippen molar-refractivity contribution in [1.82, 2.24) is 34.9 Å². The highest BCUT2D eigenvalue weighted by atomic mass is 79.9. The highest BCUT2D eigenvalue weighted by Gasteiger charge is 2.32. The number of benzene rings is 1. The van der Waals surface area contributed by atoms with E-state index in [2.05, 4.69) is 50.8 Å². The van der Waals surface area contributed by atoms with Gasteiger partial charge in [-0.25, -0.2) is 15.0 Å². The van der Waals surface area contributed by atoms with Gasteiger partial charge in [0.1, 0.15) is 23.6 Å². The summed E-state index contributed by atoms with van der Waals surface area (Å²) in [6, 6.07) is 2.07. The average molecular weight is 495 g/mol. The van der Waals surface area contributed by atoms with E-state index in [1.807, 2.05) is 6.92 Å². The highest BCUT2D eigenvalue weighted by Crippen LogP contribution is 2.36. The van der Waals surface area contributed by atoms with Crippen LogP contribution in [0.3, 0.4) is 0 Å². The molecule has 4 rings (SSSR count). The third kappa shape index (κ3) is 4.26. The first kappa shape index (κ1) is 20.9. The molecule has 3 aromatic heterocycles. The topological polar surface area (TPSA) is 94.7 Å². The highest BCUT2D eigenvalue weighted by molar-refractivity contribution is 9.10. The zero-order chi connectivity index (χ0) is 22.2. The molecule has 160 valence electrons. The molecule has 0 radical (unpaired) electrons. The maximum atomic E-state index is 12.8. The van der Waals surface area contributed by atoms with Gasteiger partial charge in [-0.05, 0) is 35.0 Å². The van der Waals surface area contributed by atoms with Crippen LogP contribution >= 0.6 is 15.9 Å². The molecule has 0 saturated heterocycles. The van der Waals surface area contributed by atoms with Crippen LogP contribution in [0.5, 0.6) is 5.75 Å². The van der Waals surface area contributed by atoms with Crippen LogP contribution in [0, 0.1) is 0 Å². The van der Waals surface area contributed by atoms with Crippen LogP contribution in [0.15, 0.2) is 47.7 Å². The van der Waals surface area contributed by atoms with Crippen molar-refractivity contribution in [1.29, 1.82) is 0 Å². The lowest BCUT2D eigenvalue weighted by Gasteiger charge is -2.27. The number of anilines is 1. The summed E-state index contributed by atoms with van der Waals surface area (Å²) < 4.78 is 42.7. The van der Waals surface area contributed by atoms with Crippen LogP contribution in [0.1, 0.15) is 18.7 Å². The maximum Gasteiger partial charge on any atom is 0.573 e. The fourth-order valence-electron chi connectivity index (χ4n) is 3.04. The first-order valence-corrected chi connectivity index (χ1v) is 9.64. The Hall–Kier alpha value is -3.35. The standard InChI is InChI=1S/C18H14BrF3N8O/c1-10(14-17(24-4-3-23-14)30-27-5-6-28-30)29(2)16-12-7-11(31-18(20,21)22)8-13(19)15(12)25-9-26-16/h3-10H,1-2H3. The fraction of sp³-hybridized carbons (Fsp3) is 0.222. The minimum absolute atomic E-state index is 0.342. The molecule has 0 aliphatic carbocycles. The SMILES string of the molecule is CC(c1nccnc1-n1nccn1)N(C)c1ncnc2c(Br)cc(OC(F)(F)F)cc12. The molecule has 31 heavy (non-hydrogen) atoms. The molecule has 4 aromatic rings. The van der Waals surface area contributed by atoms with E-state index < -0.39 is 12.4 Å². The average Bonchev–Trinajstić information content (AvgIpc) is 3.26. The Balaban J connectivity index is 1.79. The van der Waals surface area contributed by atoms with Crippen molar-refractivity contribution in [3.05, 3.63) is 53.4 Å². The Kier molecular flexibility index (Phi) is 5.43. The number of hydrogen-bond donors (Lipinski definition) is 0. The zero-order valence-corrected chi connectivity index (χ0v) is 17.7. The van der Waals surface area contributed by atoms with E-state index >= 15 is 0 Å². The Morgan fingerprint density at radius 2 is 1.74 bits per heavy atom. The van der Waals surface area contributed by atoms with Gasteiger partial charge in [-0.1, -0.05) is 0 Å². The molecule has 0 amide bonds. The lowest BCUT2D eigenvalue weighted by Crippen LogP contribution is -2.26. The first-order valence-electron chi connectivity index (χ1n) is 8.85. The molecule has 0 aliphatic rings. The Morgan fingerprint density at radius 3 is 2.45 bits per heavy atom. The third-order valence-electron chi connectivity index (χ3n) is 4.50. The monoisotopic (exact) mass is 494 g/mol. The molecule has 1 atom stereocenters. The summed E-state index contributed by atoms with van der Waals surface area (Å²) in [6.07, 6.45) is 2.61. The van der Waals surface area contributed by atoms with E-state index in [0.29, 0.717) is 32.7 Å². The summed E-state index contributed by atoms with van der Waals surface area (Å²) in [4.78, 5) is 20.3. The fourth-order valence-corrected chi connectivity index (χ4v) is 3.58. The van der Waals surface area contributed by atoms with Crippen molar-refractivity contribution in [3.8, 4) is 11.6 Å². The van der Waals surface area contributed by atoms with Crippen molar-refractivity contribution in [2.24, 2.45) is 0 Å². The largest absolute Gasteiger partial charge is 0.573 e. The molecule has 0 bridgehead atoms. The quantitative estimate of drug-likeness (QED) is 0.412. The third-order valence-corrected chi connectivity index (χ3v) is 5.11. The molecule has 9 nitrogen and oxygen atoms in total. The summed E-state index contributed by atoms with van der Waals surface area (Å²) in [5, 5.41) is 8.57. The van der Waals surface area contributed by atoms with Gasteiger partial charge in [0, 0.05) is 29.3 Å². The van der Waals surface area contributed by atoms with Gasteiger partial charge in [0.2, 0.25) is 0 Å². The van der Waals surface area contributed by atoms with E-state index in [1.54, 1.807) is 11.9 Å². The molecular formula is C18H14BrF3N8O. The van der Waals surface area contributed by atoms with Crippen molar-refractivity contribution in [3.63, 3.8) is 0 Å². The second-order valence-electron chi connectivity index (χ2n) is 6.42. The zero-order valence-electron chi connectivity index (χ0n) is 16.1. The maximum absolute atomic E-state index is 12.8. The van der Waals surface area contributed by atoms with E-state index in [-0.39, 0.29) is 5.75 Å². The van der Waals surface area contributed by atoms with Crippen LogP contribution in [-0.2, 0) is 0 Å². The minimum atomic E-state index is -4.83. The van der Waals surface area contributed by atoms with Crippen LogP contribution in [0.4, 0.5) is 19.0 Å². The summed E-state index contributed by atoms with van der Waals surface area (Å²) >= 11 is 3.26. The number of aromatic nitrogens is 7. The van der Waals surface area contributed by atoms with Crippen molar-refractivity contribution in [2.45, 2.75) is 19.3 Å². The predicted octanol–water partition coefficient (Wildman–Crippen LogP) is 3.86. The number of fused-ring (bicyclic) bond motifs is 1. The number of hydrogen-bond acceptors (Lipinski definition) is 8. The summed E-state index contributed by atoms with van der Waals surface area (Å²) in [5.74, 6) is 0.424. The Bertz CT molecular complexity index is 1220. The van der Waals surface area contributed by atoms with Crippen molar-refractivity contribution < 1.29 is 17.9 Å². The minimum Gasteiger partial charge on any atom is -0.406 e. The molecule has 13 heteroatoms. The number of alkyl halides is 3. The van der Waals surface area contributed by atoms with E-state index in [1.165, 1.54) is 48.0 Å². The van der Waals surface area contributed by atoms with Crippen molar-refractivity contribution >= 4 is 32.7 Å². The predicted molar refractivity (Wildman–Crippen MR) is 108 cm³/mol. The van der Waals surface area contributed by atoms with Crippen LogP contribution < -0.4 is 9.64 Å². The lowest BCUT2D eigenvalue weighted by molar-refractivity contribution is -0.274. The molecule has 0 saturated carbocycles. The van der Waals surface area contributed by atoms with Crippen LogP contribution in [-0.4, -0.2) is 48.3 Å². The smallest absolute Gasteiger partial charge is 0.406 e. The van der Waals surface area contributed by atoms with Crippen LogP contribution in [0.2, 0.25) is 0 Å². The molecule has 3 heterocycles.